The molecule has 0 unspecified atom stereocenters. The van der Waals surface area contributed by atoms with Crippen LogP contribution in [0.1, 0.15) is 39.8 Å². The average molecular weight is 352 g/mol. The standard InChI is InChI=1S/C14H14BrN3O3/c1-2-3-8-6-9(4-5-11(8)15)18-12(13(16)19)10(7-17-18)14(20)21/h4-7H,2-3H2,1H3,(H2,16,19)(H,20,21). The molecule has 0 aliphatic carbocycles. The van der Waals surface area contributed by atoms with Crippen LogP contribution < -0.4 is 5.73 Å². The highest BCUT2D eigenvalue weighted by molar-refractivity contribution is 9.10. The van der Waals surface area contributed by atoms with E-state index in [0.29, 0.717) is 5.69 Å². The number of carboxylic acids is 1. The number of primary amides is 1. The van der Waals surface area contributed by atoms with Crippen molar-refractivity contribution in [2.24, 2.45) is 5.73 Å². The summed E-state index contributed by atoms with van der Waals surface area (Å²) in [6.45, 7) is 2.06. The number of nitrogens with zero attached hydrogens (tertiary/aromatic N) is 2. The second kappa shape index (κ2) is 6.09. The largest absolute Gasteiger partial charge is 0.478 e. The molecule has 0 saturated carbocycles. The lowest BCUT2D eigenvalue weighted by molar-refractivity contribution is 0.0692. The Morgan fingerprint density at radius 3 is 2.71 bits per heavy atom. The van der Waals surface area contributed by atoms with Crippen molar-refractivity contribution >= 4 is 27.8 Å². The lowest BCUT2D eigenvalue weighted by atomic mass is 10.1. The minimum Gasteiger partial charge on any atom is -0.478 e. The fourth-order valence-electron chi connectivity index (χ4n) is 2.09. The number of aryl methyl sites for hydroxylation is 1. The van der Waals surface area contributed by atoms with Gasteiger partial charge in [-0.15, -0.1) is 0 Å². The van der Waals surface area contributed by atoms with Crippen LogP contribution >= 0.6 is 15.9 Å². The van der Waals surface area contributed by atoms with Gasteiger partial charge in [0.1, 0.15) is 11.3 Å². The number of carboxylic acid groups (broad SMARTS) is 1. The molecule has 0 aliphatic rings. The number of carbonyl (C=O) groups excluding carboxylic acids is 1. The van der Waals surface area contributed by atoms with Crippen molar-refractivity contribution in [1.82, 2.24) is 9.78 Å². The van der Waals surface area contributed by atoms with Crippen molar-refractivity contribution in [2.75, 3.05) is 0 Å². The summed E-state index contributed by atoms with van der Waals surface area (Å²) in [7, 11) is 0. The van der Waals surface area contributed by atoms with Crippen LogP contribution in [-0.2, 0) is 6.42 Å². The van der Waals surface area contributed by atoms with Crippen molar-refractivity contribution in [2.45, 2.75) is 19.8 Å². The lowest BCUT2D eigenvalue weighted by Gasteiger charge is -2.09. The first-order valence-corrected chi connectivity index (χ1v) is 7.15. The minimum atomic E-state index is -1.24. The lowest BCUT2D eigenvalue weighted by Crippen LogP contribution is -2.20. The Kier molecular flexibility index (Phi) is 4.42. The zero-order valence-corrected chi connectivity index (χ0v) is 12.9. The van der Waals surface area contributed by atoms with Gasteiger partial charge in [-0.05, 0) is 30.2 Å². The summed E-state index contributed by atoms with van der Waals surface area (Å²) in [6, 6.07) is 5.44. The van der Waals surface area contributed by atoms with E-state index in [2.05, 4.69) is 28.0 Å². The zero-order valence-electron chi connectivity index (χ0n) is 11.3. The van der Waals surface area contributed by atoms with Gasteiger partial charge >= 0.3 is 5.97 Å². The number of hydrogen-bond acceptors (Lipinski definition) is 3. The Morgan fingerprint density at radius 1 is 1.43 bits per heavy atom. The van der Waals surface area contributed by atoms with Crippen LogP contribution in [0.3, 0.4) is 0 Å². The van der Waals surface area contributed by atoms with E-state index >= 15 is 0 Å². The molecule has 0 saturated heterocycles. The van der Waals surface area contributed by atoms with Gasteiger partial charge in [0.15, 0.2) is 0 Å². The summed E-state index contributed by atoms with van der Waals surface area (Å²) in [5.41, 5.74) is 6.60. The Morgan fingerprint density at radius 2 is 2.14 bits per heavy atom. The van der Waals surface area contributed by atoms with Crippen LogP contribution in [0, 0.1) is 0 Å². The highest BCUT2D eigenvalue weighted by Crippen LogP contribution is 2.23. The van der Waals surface area contributed by atoms with E-state index in [1.807, 2.05) is 12.1 Å². The smallest absolute Gasteiger partial charge is 0.339 e. The van der Waals surface area contributed by atoms with Crippen molar-refractivity contribution < 1.29 is 14.7 Å². The van der Waals surface area contributed by atoms with Crippen LogP contribution in [0.5, 0.6) is 0 Å². The maximum absolute atomic E-state index is 11.5. The van der Waals surface area contributed by atoms with E-state index in [9.17, 15) is 9.59 Å². The van der Waals surface area contributed by atoms with Gasteiger partial charge < -0.3 is 10.8 Å². The molecule has 0 fully saturated rings. The summed E-state index contributed by atoms with van der Waals surface area (Å²) in [6.07, 6.45) is 2.95. The van der Waals surface area contributed by atoms with Crippen molar-refractivity contribution in [3.8, 4) is 5.69 Å². The molecule has 0 bridgehead atoms. The number of hydrogen-bond donors (Lipinski definition) is 2. The van der Waals surface area contributed by atoms with Gasteiger partial charge in [-0.25, -0.2) is 9.48 Å². The predicted molar refractivity (Wildman–Crippen MR) is 80.7 cm³/mol. The van der Waals surface area contributed by atoms with E-state index in [4.69, 9.17) is 10.8 Å². The summed E-state index contributed by atoms with van der Waals surface area (Å²) < 4.78 is 2.22. The Balaban J connectivity index is 2.59. The molecule has 0 aliphatic heterocycles. The van der Waals surface area contributed by atoms with Crippen LogP contribution in [-0.4, -0.2) is 26.8 Å². The first-order valence-electron chi connectivity index (χ1n) is 6.35. The summed E-state index contributed by atoms with van der Waals surface area (Å²) >= 11 is 3.46. The van der Waals surface area contributed by atoms with Crippen molar-refractivity contribution in [3.63, 3.8) is 0 Å². The van der Waals surface area contributed by atoms with Gasteiger partial charge in [-0.1, -0.05) is 29.3 Å². The number of carbonyl (C=O) groups is 2. The topological polar surface area (TPSA) is 98.2 Å². The fraction of sp³-hybridized carbons (Fsp3) is 0.214. The average Bonchev–Trinajstić information content (AvgIpc) is 2.86. The number of aromatic nitrogens is 2. The van der Waals surface area contributed by atoms with Crippen LogP contribution in [0.2, 0.25) is 0 Å². The quantitative estimate of drug-likeness (QED) is 0.863. The maximum atomic E-state index is 11.5. The van der Waals surface area contributed by atoms with Crippen LogP contribution in [0.4, 0.5) is 0 Å². The molecule has 0 spiro atoms. The van der Waals surface area contributed by atoms with Crippen molar-refractivity contribution in [1.29, 1.82) is 0 Å². The number of amides is 1. The molecule has 1 amide bonds. The summed E-state index contributed by atoms with van der Waals surface area (Å²) in [5.74, 6) is -2.06. The molecule has 3 N–H and O–H groups in total. The van der Waals surface area contributed by atoms with E-state index < -0.39 is 11.9 Å². The first kappa shape index (κ1) is 15.2. The number of aromatic carboxylic acids is 1. The van der Waals surface area contributed by atoms with E-state index in [1.54, 1.807) is 6.07 Å². The molecule has 1 heterocycles. The molecule has 1 aromatic carbocycles. The van der Waals surface area contributed by atoms with Gasteiger partial charge in [0.2, 0.25) is 0 Å². The predicted octanol–water partition coefficient (Wildman–Crippen LogP) is 2.38. The Labute approximate surface area is 129 Å². The van der Waals surface area contributed by atoms with Gasteiger partial charge in [-0.3, -0.25) is 4.79 Å². The molecule has 110 valence electrons. The van der Waals surface area contributed by atoms with Gasteiger partial charge in [0, 0.05) is 4.47 Å². The maximum Gasteiger partial charge on any atom is 0.339 e. The molecular formula is C14H14BrN3O3. The highest BCUT2D eigenvalue weighted by Gasteiger charge is 2.22. The number of rotatable bonds is 5. The number of halogens is 1. The number of nitrogens with two attached hydrogens (primary N) is 1. The van der Waals surface area contributed by atoms with E-state index in [1.165, 1.54) is 4.68 Å². The molecule has 0 radical (unpaired) electrons. The van der Waals surface area contributed by atoms with Gasteiger partial charge in [0.05, 0.1) is 11.9 Å². The molecule has 6 nitrogen and oxygen atoms in total. The number of benzene rings is 1. The third-order valence-corrected chi connectivity index (χ3v) is 3.80. The van der Waals surface area contributed by atoms with E-state index in [0.717, 1.165) is 29.1 Å². The highest BCUT2D eigenvalue weighted by atomic mass is 79.9. The van der Waals surface area contributed by atoms with Gasteiger partial charge in [-0.2, -0.15) is 5.10 Å². The van der Waals surface area contributed by atoms with Crippen LogP contribution in [0.15, 0.2) is 28.9 Å². The molecule has 21 heavy (non-hydrogen) atoms. The summed E-state index contributed by atoms with van der Waals surface area (Å²) in [5, 5.41) is 13.1. The third-order valence-electron chi connectivity index (χ3n) is 3.03. The molecule has 7 heteroatoms. The zero-order chi connectivity index (χ0) is 15.6. The monoisotopic (exact) mass is 351 g/mol. The minimum absolute atomic E-state index is 0.132. The summed E-state index contributed by atoms with van der Waals surface area (Å²) in [4.78, 5) is 22.7. The Hall–Kier alpha value is -2.15. The normalized spacial score (nSPS) is 10.6. The SMILES string of the molecule is CCCc1cc(-n2ncc(C(=O)O)c2C(N)=O)ccc1Br. The van der Waals surface area contributed by atoms with Gasteiger partial charge in [0.25, 0.3) is 5.91 Å². The first-order chi connectivity index (χ1) is 9.95. The second-order valence-electron chi connectivity index (χ2n) is 4.51. The van der Waals surface area contributed by atoms with E-state index in [-0.39, 0.29) is 11.3 Å². The molecule has 1 aromatic heterocycles. The molecular weight excluding hydrogens is 338 g/mol. The molecule has 0 atom stereocenters. The van der Waals surface area contributed by atoms with Crippen LogP contribution in [0.25, 0.3) is 5.69 Å². The third kappa shape index (κ3) is 2.97. The molecule has 2 aromatic rings. The Bertz CT molecular complexity index is 709. The molecule has 2 rings (SSSR count). The fourth-order valence-corrected chi connectivity index (χ4v) is 2.54. The second-order valence-corrected chi connectivity index (χ2v) is 5.37. The van der Waals surface area contributed by atoms with Crippen molar-refractivity contribution in [3.05, 3.63) is 45.7 Å².